The number of allylic oxidation sites excluding steroid dienone is 2. The van der Waals surface area contributed by atoms with Crippen LogP contribution in [-0.4, -0.2) is 17.6 Å². The summed E-state index contributed by atoms with van der Waals surface area (Å²) < 4.78 is 0. The van der Waals surface area contributed by atoms with E-state index in [1.807, 2.05) is 106 Å². The number of amides is 2. The number of carbonyl (C=O) groups is 3. The van der Waals surface area contributed by atoms with Gasteiger partial charge in [-0.25, -0.2) is 4.90 Å². The smallest absolute Gasteiger partial charge is 0.239 e. The van der Waals surface area contributed by atoms with Crippen LogP contribution in [0.2, 0.25) is 0 Å². The number of hydrogen-bond donors (Lipinski definition) is 0. The summed E-state index contributed by atoms with van der Waals surface area (Å²) in [7, 11) is 0. The van der Waals surface area contributed by atoms with Gasteiger partial charge in [-0.2, -0.15) is 0 Å². The van der Waals surface area contributed by atoms with Gasteiger partial charge in [0.1, 0.15) is 0 Å². The van der Waals surface area contributed by atoms with E-state index in [0.29, 0.717) is 18.5 Å². The van der Waals surface area contributed by atoms with Crippen LogP contribution in [0.25, 0.3) is 11.1 Å². The first-order valence-corrected chi connectivity index (χ1v) is 12.8. The quantitative estimate of drug-likeness (QED) is 0.419. The Bertz CT molecular complexity index is 1350. The van der Waals surface area contributed by atoms with Crippen molar-refractivity contribution < 1.29 is 14.4 Å². The molecule has 4 atom stereocenters. The molecule has 0 radical (unpaired) electrons. The molecule has 2 aliphatic carbocycles. The predicted molar refractivity (Wildman–Crippen MR) is 141 cm³/mol. The number of hydrogen-bond acceptors (Lipinski definition) is 3. The molecule has 2 bridgehead atoms. The third-order valence-electron chi connectivity index (χ3n) is 8.82. The average Bonchev–Trinajstić information content (AvgIpc) is 3.40. The minimum atomic E-state index is -1.04. The highest BCUT2D eigenvalue weighted by atomic mass is 16.2. The van der Waals surface area contributed by atoms with Gasteiger partial charge in [0.05, 0.1) is 28.4 Å². The lowest BCUT2D eigenvalue weighted by Crippen LogP contribution is -2.41. The first-order chi connectivity index (χ1) is 17.4. The Morgan fingerprint density at radius 2 is 1.14 bits per heavy atom. The van der Waals surface area contributed by atoms with Crippen LogP contribution in [-0.2, 0) is 14.4 Å². The van der Waals surface area contributed by atoms with Crippen molar-refractivity contribution in [3.63, 3.8) is 0 Å². The maximum absolute atomic E-state index is 14.7. The molecule has 1 saturated heterocycles. The maximum atomic E-state index is 14.7. The van der Waals surface area contributed by atoms with Crippen molar-refractivity contribution in [3.8, 4) is 0 Å². The largest absolute Gasteiger partial charge is 0.298 e. The van der Waals surface area contributed by atoms with Crippen LogP contribution in [0.15, 0.2) is 84.9 Å². The topological polar surface area (TPSA) is 54.5 Å². The van der Waals surface area contributed by atoms with E-state index in [-0.39, 0.29) is 17.6 Å². The number of ketones is 1. The second-order valence-corrected chi connectivity index (χ2v) is 10.3. The van der Waals surface area contributed by atoms with E-state index in [2.05, 4.69) is 0 Å². The second kappa shape index (κ2) is 7.86. The van der Waals surface area contributed by atoms with E-state index in [4.69, 9.17) is 0 Å². The van der Waals surface area contributed by atoms with E-state index in [9.17, 15) is 14.4 Å². The van der Waals surface area contributed by atoms with Gasteiger partial charge in [0, 0.05) is 0 Å². The van der Waals surface area contributed by atoms with Crippen LogP contribution < -0.4 is 4.90 Å². The van der Waals surface area contributed by atoms with Crippen LogP contribution in [0, 0.1) is 29.6 Å². The fraction of sp³-hybridized carbons (Fsp3) is 0.281. The number of nitrogens with zero attached hydrogens (tertiary/aromatic N) is 1. The lowest BCUT2D eigenvalue weighted by molar-refractivity contribution is -0.134. The summed E-state index contributed by atoms with van der Waals surface area (Å²) in [4.78, 5) is 44.5. The summed E-state index contributed by atoms with van der Waals surface area (Å²) >= 11 is 0. The van der Waals surface area contributed by atoms with Crippen molar-refractivity contribution in [2.24, 2.45) is 22.7 Å². The van der Waals surface area contributed by atoms with E-state index >= 15 is 0 Å². The first kappa shape index (κ1) is 22.7. The Morgan fingerprint density at radius 3 is 1.56 bits per heavy atom. The van der Waals surface area contributed by atoms with Gasteiger partial charge in [-0.3, -0.25) is 14.4 Å². The Hall–Kier alpha value is -3.79. The Labute approximate surface area is 211 Å². The standard InChI is InChI=1S/C32H29NO3/c1-4-31-24(21-14-8-6-9-15-21)25(22-16-10-7-11-17-22)32(5-2,30(31)36)27-26(31)28(34)33(29(27)35)23-18-12-13-20(3)19-23/h6-19,26-27H,4-5H2,1-3H3/t26-,27+,31-,32+. The molecule has 4 nitrogen and oxygen atoms in total. The lowest BCUT2D eigenvalue weighted by atomic mass is 9.60. The highest BCUT2D eigenvalue weighted by Crippen LogP contribution is 2.75. The Morgan fingerprint density at radius 1 is 0.667 bits per heavy atom. The van der Waals surface area contributed by atoms with Gasteiger partial charge in [-0.1, -0.05) is 86.6 Å². The van der Waals surface area contributed by atoms with Crippen molar-refractivity contribution in [2.75, 3.05) is 4.90 Å². The molecule has 2 amide bonds. The molecule has 3 aromatic carbocycles. The normalized spacial score (nSPS) is 28.9. The van der Waals surface area contributed by atoms with Crippen LogP contribution in [0.1, 0.15) is 43.4 Å². The SMILES string of the molecule is CC[C@]12C(=O)[C@](CC)(C(c3ccccc3)=C1c1ccccc1)[C@H]1C(=O)N(c3cccc(C)c3)C(=O)[C@H]12. The summed E-state index contributed by atoms with van der Waals surface area (Å²) in [5.74, 6) is -1.86. The molecule has 36 heavy (non-hydrogen) atoms. The van der Waals surface area contributed by atoms with E-state index in [1.165, 1.54) is 4.90 Å². The van der Waals surface area contributed by atoms with Gasteiger partial charge in [0.25, 0.3) is 0 Å². The van der Waals surface area contributed by atoms with Crippen LogP contribution >= 0.6 is 0 Å². The second-order valence-electron chi connectivity index (χ2n) is 10.3. The number of anilines is 1. The van der Waals surface area contributed by atoms with Gasteiger partial charge in [0.2, 0.25) is 11.8 Å². The predicted octanol–water partition coefficient (Wildman–Crippen LogP) is 6.10. The fourth-order valence-electron chi connectivity index (χ4n) is 7.48. The van der Waals surface area contributed by atoms with Gasteiger partial charge in [-0.15, -0.1) is 0 Å². The summed E-state index contributed by atoms with van der Waals surface area (Å²) in [5, 5.41) is 0. The van der Waals surface area contributed by atoms with Crippen LogP contribution in [0.5, 0.6) is 0 Å². The molecule has 6 rings (SSSR count). The highest BCUT2D eigenvalue weighted by molar-refractivity contribution is 6.34. The molecule has 180 valence electrons. The van der Waals surface area contributed by atoms with E-state index < -0.39 is 22.7 Å². The molecule has 0 N–H and O–H groups in total. The molecular weight excluding hydrogens is 446 g/mol. The molecule has 0 aromatic heterocycles. The van der Waals surface area contributed by atoms with Crippen molar-refractivity contribution in [2.45, 2.75) is 33.6 Å². The molecule has 4 heteroatoms. The number of rotatable bonds is 5. The zero-order valence-electron chi connectivity index (χ0n) is 20.8. The number of fused-ring (bicyclic) bond motifs is 5. The lowest BCUT2D eigenvalue weighted by Gasteiger charge is -2.38. The number of benzene rings is 3. The van der Waals surface area contributed by atoms with Crippen LogP contribution in [0.4, 0.5) is 5.69 Å². The molecule has 0 spiro atoms. The van der Waals surface area contributed by atoms with Gasteiger partial charge >= 0.3 is 0 Å². The zero-order chi connectivity index (χ0) is 25.2. The molecule has 3 aromatic rings. The molecular formula is C32H29NO3. The molecule has 2 fully saturated rings. The molecule has 1 heterocycles. The van der Waals surface area contributed by atoms with Gasteiger partial charge in [-0.05, 0) is 59.7 Å². The van der Waals surface area contributed by atoms with Gasteiger partial charge < -0.3 is 0 Å². The summed E-state index contributed by atoms with van der Waals surface area (Å²) in [5.41, 5.74) is 3.24. The maximum Gasteiger partial charge on any atom is 0.239 e. The third kappa shape index (κ3) is 2.57. The zero-order valence-corrected chi connectivity index (χ0v) is 20.8. The number of imide groups is 1. The summed E-state index contributed by atoms with van der Waals surface area (Å²) in [6.07, 6.45) is 0.936. The molecule has 0 unspecified atom stereocenters. The summed E-state index contributed by atoms with van der Waals surface area (Å²) in [6.45, 7) is 5.93. The van der Waals surface area contributed by atoms with Gasteiger partial charge in [0.15, 0.2) is 5.78 Å². The molecule has 3 aliphatic rings. The highest BCUT2D eigenvalue weighted by Gasteiger charge is 2.80. The summed E-state index contributed by atoms with van der Waals surface area (Å²) in [6, 6.07) is 27.4. The minimum Gasteiger partial charge on any atom is -0.298 e. The third-order valence-corrected chi connectivity index (χ3v) is 8.82. The van der Waals surface area contributed by atoms with Crippen molar-refractivity contribution in [1.82, 2.24) is 0 Å². The Balaban J connectivity index is 1.68. The van der Waals surface area contributed by atoms with Crippen molar-refractivity contribution in [1.29, 1.82) is 0 Å². The van der Waals surface area contributed by atoms with Crippen molar-refractivity contribution in [3.05, 3.63) is 102 Å². The van der Waals surface area contributed by atoms with Crippen LogP contribution in [0.3, 0.4) is 0 Å². The van der Waals surface area contributed by atoms with E-state index in [1.54, 1.807) is 0 Å². The average molecular weight is 476 g/mol. The fourth-order valence-corrected chi connectivity index (χ4v) is 7.48. The number of Topliss-reactive ketones (excluding diaryl/α,β-unsaturated/α-hetero) is 1. The monoisotopic (exact) mass is 475 g/mol. The van der Waals surface area contributed by atoms with Crippen molar-refractivity contribution >= 4 is 34.4 Å². The first-order valence-electron chi connectivity index (χ1n) is 12.8. The Kier molecular flexibility index (Phi) is 4.95. The van der Waals surface area contributed by atoms with E-state index in [0.717, 1.165) is 27.8 Å². The number of carbonyl (C=O) groups excluding carboxylic acids is 3. The molecule has 1 saturated carbocycles. The molecule has 1 aliphatic heterocycles. The number of aryl methyl sites for hydroxylation is 1. The minimum absolute atomic E-state index is 0.0401.